The second-order valence-corrected chi connectivity index (χ2v) is 8.38. The van der Waals surface area contributed by atoms with Crippen molar-refractivity contribution in [3.63, 3.8) is 0 Å². The number of hydrogen-bond acceptors (Lipinski definition) is 6. The smallest absolute Gasteiger partial charge is 0.112 e. The number of aromatic nitrogens is 3. The van der Waals surface area contributed by atoms with Crippen LogP contribution in [-0.2, 0) is 20.1 Å². The van der Waals surface area contributed by atoms with Crippen LogP contribution in [0, 0.1) is 5.92 Å². The van der Waals surface area contributed by atoms with E-state index in [0.29, 0.717) is 19.1 Å². The zero-order valence-electron chi connectivity index (χ0n) is 16.2. The van der Waals surface area contributed by atoms with E-state index in [0.717, 1.165) is 48.7 Å². The third kappa shape index (κ3) is 4.60. The minimum absolute atomic E-state index is 0.320. The van der Waals surface area contributed by atoms with Crippen LogP contribution in [0.15, 0.2) is 42.0 Å². The first-order valence-corrected chi connectivity index (χ1v) is 10.7. The highest BCUT2D eigenvalue weighted by atomic mass is 32.1. The number of piperidine rings is 1. The average Bonchev–Trinajstić information content (AvgIpc) is 3.37. The molecule has 3 aromatic rings. The van der Waals surface area contributed by atoms with E-state index in [-0.39, 0.29) is 0 Å². The second kappa shape index (κ2) is 8.86. The van der Waals surface area contributed by atoms with Crippen LogP contribution in [0.2, 0.25) is 0 Å². The first-order valence-electron chi connectivity index (χ1n) is 9.79. The molecule has 1 aliphatic heterocycles. The van der Waals surface area contributed by atoms with E-state index < -0.39 is 0 Å². The van der Waals surface area contributed by atoms with Gasteiger partial charge in [0.1, 0.15) is 5.01 Å². The van der Waals surface area contributed by atoms with E-state index in [4.69, 9.17) is 4.98 Å². The quantitative estimate of drug-likeness (QED) is 0.640. The topological polar surface area (TPSA) is 66.2 Å². The maximum absolute atomic E-state index is 9.33. The first-order chi connectivity index (χ1) is 13.7. The third-order valence-corrected chi connectivity index (χ3v) is 6.21. The number of nitrogens with one attached hydrogen (secondary N) is 1. The molecular weight excluding hydrogens is 370 g/mol. The molecule has 0 atom stereocenters. The summed E-state index contributed by atoms with van der Waals surface area (Å²) >= 11 is 1.67. The molecule has 0 bridgehead atoms. The highest BCUT2D eigenvalue weighted by Gasteiger charge is 2.19. The van der Waals surface area contributed by atoms with Crippen LogP contribution < -0.4 is 5.32 Å². The number of benzene rings is 1. The Bertz CT molecular complexity index is 898. The summed E-state index contributed by atoms with van der Waals surface area (Å²) in [6.45, 7) is 4.09. The van der Waals surface area contributed by atoms with Gasteiger partial charge in [-0.3, -0.25) is 9.58 Å². The van der Waals surface area contributed by atoms with Crippen LogP contribution in [-0.4, -0.2) is 44.5 Å². The van der Waals surface area contributed by atoms with Crippen molar-refractivity contribution in [2.45, 2.75) is 25.9 Å². The maximum atomic E-state index is 9.33. The minimum atomic E-state index is 0.320. The molecule has 1 aliphatic rings. The Morgan fingerprint density at radius 3 is 2.82 bits per heavy atom. The Morgan fingerprint density at radius 2 is 2.07 bits per heavy atom. The van der Waals surface area contributed by atoms with Gasteiger partial charge in [0.25, 0.3) is 0 Å². The number of aryl methyl sites for hydroxylation is 1. The van der Waals surface area contributed by atoms with Gasteiger partial charge in [0.05, 0.1) is 18.4 Å². The van der Waals surface area contributed by atoms with E-state index in [1.54, 1.807) is 16.0 Å². The first kappa shape index (κ1) is 19.1. The van der Waals surface area contributed by atoms with Crippen molar-refractivity contribution in [1.82, 2.24) is 19.7 Å². The molecule has 148 valence electrons. The number of nitrogens with zero attached hydrogens (tertiary/aromatic N) is 4. The van der Waals surface area contributed by atoms with Gasteiger partial charge in [0, 0.05) is 43.0 Å². The average molecular weight is 398 g/mol. The van der Waals surface area contributed by atoms with Gasteiger partial charge in [0.2, 0.25) is 0 Å². The van der Waals surface area contributed by atoms with Crippen LogP contribution in [0.5, 0.6) is 0 Å². The molecule has 0 spiro atoms. The van der Waals surface area contributed by atoms with Gasteiger partial charge in [-0.2, -0.15) is 5.10 Å². The number of anilines is 1. The van der Waals surface area contributed by atoms with E-state index in [1.807, 2.05) is 19.4 Å². The molecule has 2 aromatic heterocycles. The zero-order valence-corrected chi connectivity index (χ0v) is 17.0. The molecule has 0 aliphatic carbocycles. The molecular formula is C21H27N5OS. The van der Waals surface area contributed by atoms with Gasteiger partial charge in [-0.15, -0.1) is 11.3 Å². The Hall–Kier alpha value is -2.22. The molecule has 1 saturated heterocycles. The van der Waals surface area contributed by atoms with Gasteiger partial charge in [0.15, 0.2) is 0 Å². The van der Waals surface area contributed by atoms with Crippen molar-refractivity contribution in [3.05, 3.63) is 52.6 Å². The summed E-state index contributed by atoms with van der Waals surface area (Å²) in [6, 6.07) is 8.52. The summed E-state index contributed by atoms with van der Waals surface area (Å²) in [5.41, 5.74) is 4.52. The predicted octanol–water partition coefficient (Wildman–Crippen LogP) is 3.36. The summed E-state index contributed by atoms with van der Waals surface area (Å²) in [5.74, 6) is 0.475. The number of para-hydroxylation sites is 1. The summed E-state index contributed by atoms with van der Waals surface area (Å²) in [7, 11) is 1.92. The lowest BCUT2D eigenvalue weighted by atomic mass is 9.97. The molecule has 3 heterocycles. The van der Waals surface area contributed by atoms with Crippen LogP contribution in [0.25, 0.3) is 11.3 Å². The number of thiazole rings is 1. The fourth-order valence-electron chi connectivity index (χ4n) is 3.65. The molecule has 0 unspecified atom stereocenters. The lowest BCUT2D eigenvalue weighted by molar-refractivity contribution is 0.127. The number of hydrogen-bond donors (Lipinski definition) is 2. The fraction of sp³-hybridized carbons (Fsp3) is 0.429. The minimum Gasteiger partial charge on any atom is -0.396 e. The summed E-state index contributed by atoms with van der Waals surface area (Å²) in [4.78, 5) is 7.22. The Balaban J connectivity index is 1.37. The molecule has 0 saturated carbocycles. The van der Waals surface area contributed by atoms with Gasteiger partial charge in [-0.05, 0) is 43.5 Å². The van der Waals surface area contributed by atoms with Gasteiger partial charge >= 0.3 is 0 Å². The molecule has 7 heteroatoms. The van der Waals surface area contributed by atoms with E-state index >= 15 is 0 Å². The highest BCUT2D eigenvalue weighted by Crippen LogP contribution is 2.24. The fourth-order valence-corrected chi connectivity index (χ4v) is 4.39. The lowest BCUT2D eigenvalue weighted by Crippen LogP contribution is -2.34. The van der Waals surface area contributed by atoms with Crippen molar-refractivity contribution < 1.29 is 5.11 Å². The van der Waals surface area contributed by atoms with Gasteiger partial charge in [-0.1, -0.05) is 18.2 Å². The molecule has 6 nitrogen and oxygen atoms in total. The summed E-state index contributed by atoms with van der Waals surface area (Å²) in [6.07, 6.45) is 6.01. The Kier molecular flexibility index (Phi) is 6.04. The van der Waals surface area contributed by atoms with Crippen molar-refractivity contribution in [2.24, 2.45) is 13.0 Å². The van der Waals surface area contributed by atoms with Crippen molar-refractivity contribution in [3.8, 4) is 11.3 Å². The number of aliphatic hydroxyl groups is 1. The van der Waals surface area contributed by atoms with Crippen molar-refractivity contribution in [1.29, 1.82) is 0 Å². The third-order valence-electron chi connectivity index (χ3n) is 5.36. The molecule has 4 rings (SSSR count). The SMILES string of the molecule is Cn1cc(-c2csc(CNc3ccccc3CN3CCC(CO)CC3)n2)cn1. The largest absolute Gasteiger partial charge is 0.396 e. The van der Waals surface area contributed by atoms with Gasteiger partial charge < -0.3 is 10.4 Å². The number of likely N-dealkylation sites (tertiary alicyclic amines) is 1. The normalized spacial score (nSPS) is 15.8. The summed E-state index contributed by atoms with van der Waals surface area (Å²) < 4.78 is 1.80. The van der Waals surface area contributed by atoms with Gasteiger partial charge in [-0.25, -0.2) is 4.98 Å². The van der Waals surface area contributed by atoms with Crippen LogP contribution in [0.1, 0.15) is 23.4 Å². The van der Waals surface area contributed by atoms with E-state index in [9.17, 15) is 5.11 Å². The Morgan fingerprint density at radius 1 is 1.25 bits per heavy atom. The Labute approximate surface area is 169 Å². The highest BCUT2D eigenvalue weighted by molar-refractivity contribution is 7.09. The van der Waals surface area contributed by atoms with Crippen molar-refractivity contribution >= 4 is 17.0 Å². The van der Waals surface area contributed by atoms with E-state index in [2.05, 4.69) is 45.0 Å². The monoisotopic (exact) mass is 397 g/mol. The van der Waals surface area contributed by atoms with E-state index in [1.165, 1.54) is 11.3 Å². The number of rotatable bonds is 7. The molecule has 28 heavy (non-hydrogen) atoms. The molecule has 0 amide bonds. The molecule has 0 radical (unpaired) electrons. The van der Waals surface area contributed by atoms with Crippen LogP contribution >= 0.6 is 11.3 Å². The molecule has 2 N–H and O–H groups in total. The van der Waals surface area contributed by atoms with Crippen molar-refractivity contribution in [2.75, 3.05) is 25.0 Å². The molecule has 1 fully saturated rings. The standard InChI is InChI=1S/C21H27N5OS/c1-25-12-18(10-23-25)20-15-28-21(24-20)11-22-19-5-3-2-4-17(19)13-26-8-6-16(14-27)7-9-26/h2-5,10,12,15-16,22,27H,6-9,11,13-14H2,1H3. The predicted molar refractivity (Wildman–Crippen MR) is 113 cm³/mol. The maximum Gasteiger partial charge on any atom is 0.112 e. The number of aliphatic hydroxyl groups excluding tert-OH is 1. The summed E-state index contributed by atoms with van der Waals surface area (Å²) in [5, 5.41) is 20.3. The van der Waals surface area contributed by atoms with Crippen LogP contribution in [0.3, 0.4) is 0 Å². The zero-order chi connectivity index (χ0) is 19.3. The lowest BCUT2D eigenvalue weighted by Gasteiger charge is -2.31. The van der Waals surface area contributed by atoms with Crippen LogP contribution in [0.4, 0.5) is 5.69 Å². The molecule has 1 aromatic carbocycles. The second-order valence-electron chi connectivity index (χ2n) is 7.44.